The number of nitrogens with one attached hydrogen (secondary N) is 1. The molecule has 0 aliphatic heterocycles. The lowest BCUT2D eigenvalue weighted by atomic mass is 10.0. The van der Waals surface area contributed by atoms with Crippen molar-refractivity contribution in [1.82, 2.24) is 5.32 Å². The van der Waals surface area contributed by atoms with Crippen LogP contribution in [0.25, 0.3) is 0 Å². The van der Waals surface area contributed by atoms with Crippen molar-refractivity contribution in [2.24, 2.45) is 5.92 Å². The summed E-state index contributed by atoms with van der Waals surface area (Å²) in [7, 11) is 0. The predicted octanol–water partition coefficient (Wildman–Crippen LogP) is 2.88. The van der Waals surface area contributed by atoms with E-state index in [0.29, 0.717) is 11.6 Å². The summed E-state index contributed by atoms with van der Waals surface area (Å²) in [5.74, 6) is -1.16. The highest BCUT2D eigenvalue weighted by Crippen LogP contribution is 2.11. The van der Waals surface area contributed by atoms with Crippen molar-refractivity contribution in [1.29, 1.82) is 0 Å². The van der Waals surface area contributed by atoms with Crippen LogP contribution in [-0.2, 0) is 20.9 Å². The summed E-state index contributed by atoms with van der Waals surface area (Å²) in [6, 6.07) is 7.04. The molecule has 0 bridgehead atoms. The van der Waals surface area contributed by atoms with Gasteiger partial charge in [0.1, 0.15) is 5.78 Å². The molecule has 6 heteroatoms. The van der Waals surface area contributed by atoms with Gasteiger partial charge in [0.05, 0.1) is 12.5 Å². The zero-order chi connectivity index (χ0) is 15.8. The van der Waals surface area contributed by atoms with Gasteiger partial charge in [-0.3, -0.25) is 4.79 Å². The lowest BCUT2D eigenvalue weighted by molar-refractivity contribution is -0.133. The average Bonchev–Trinajstić information content (AvgIpc) is 2.42. The Bertz CT molecular complexity index is 476. The standard InChI is InChI=1S/C15H19ClFNO3/c1-10(19)7-13(9-21-11(2)17)15(20)18-8-12-3-5-14(16)6-4-12/h3-6,11,13H,7-9H2,1-2H3,(H,18,20)/t11?,13-/m1/s1. The van der Waals surface area contributed by atoms with Gasteiger partial charge in [-0.05, 0) is 31.5 Å². The van der Waals surface area contributed by atoms with E-state index < -0.39 is 12.3 Å². The number of hydrogen-bond donors (Lipinski definition) is 1. The Labute approximate surface area is 128 Å². The first-order valence-corrected chi connectivity index (χ1v) is 7.03. The predicted molar refractivity (Wildman–Crippen MR) is 78.6 cm³/mol. The number of Topliss-reactive ketones (excluding diaryl/α,β-unsaturated/α-hetero) is 1. The third kappa shape index (κ3) is 7.20. The lowest BCUT2D eigenvalue weighted by Crippen LogP contribution is -2.34. The van der Waals surface area contributed by atoms with Gasteiger partial charge in [-0.15, -0.1) is 0 Å². The molecule has 0 aromatic heterocycles. The van der Waals surface area contributed by atoms with Crippen LogP contribution in [0.2, 0.25) is 5.02 Å². The van der Waals surface area contributed by atoms with E-state index in [1.54, 1.807) is 24.3 Å². The maximum absolute atomic E-state index is 12.7. The van der Waals surface area contributed by atoms with E-state index in [9.17, 15) is 14.0 Å². The van der Waals surface area contributed by atoms with Gasteiger partial charge in [0.15, 0.2) is 6.36 Å². The molecule has 1 aromatic rings. The Morgan fingerprint density at radius 1 is 1.33 bits per heavy atom. The molecule has 2 atom stereocenters. The molecule has 1 unspecified atom stereocenters. The molecule has 0 spiro atoms. The first-order valence-electron chi connectivity index (χ1n) is 6.65. The van der Waals surface area contributed by atoms with E-state index in [2.05, 4.69) is 5.32 Å². The maximum atomic E-state index is 12.7. The average molecular weight is 316 g/mol. The van der Waals surface area contributed by atoms with Crippen LogP contribution >= 0.6 is 11.6 Å². The van der Waals surface area contributed by atoms with Crippen LogP contribution in [0, 0.1) is 5.92 Å². The van der Waals surface area contributed by atoms with Crippen LogP contribution in [0.1, 0.15) is 25.8 Å². The number of carbonyl (C=O) groups excluding carboxylic acids is 2. The Morgan fingerprint density at radius 2 is 1.95 bits per heavy atom. The molecular weight excluding hydrogens is 297 g/mol. The Balaban J connectivity index is 2.54. The second-order valence-electron chi connectivity index (χ2n) is 4.82. The fraction of sp³-hybridized carbons (Fsp3) is 0.467. The number of alkyl halides is 1. The monoisotopic (exact) mass is 315 g/mol. The summed E-state index contributed by atoms with van der Waals surface area (Å²) in [4.78, 5) is 23.2. The molecule has 1 aromatic carbocycles. The minimum atomic E-state index is -1.47. The van der Waals surface area contributed by atoms with Crippen molar-refractivity contribution >= 4 is 23.3 Å². The molecule has 0 aliphatic carbocycles. The largest absolute Gasteiger partial charge is 0.352 e. The zero-order valence-electron chi connectivity index (χ0n) is 12.1. The molecule has 1 amide bonds. The first kappa shape index (κ1) is 17.6. The van der Waals surface area contributed by atoms with Crippen molar-refractivity contribution in [3.63, 3.8) is 0 Å². The second kappa shape index (κ2) is 8.74. The quantitative estimate of drug-likeness (QED) is 0.802. The third-order valence-electron chi connectivity index (χ3n) is 2.81. The number of benzene rings is 1. The minimum absolute atomic E-state index is 0.0270. The van der Waals surface area contributed by atoms with E-state index >= 15 is 0 Å². The fourth-order valence-corrected chi connectivity index (χ4v) is 1.88. The van der Waals surface area contributed by atoms with Crippen LogP contribution in [0.15, 0.2) is 24.3 Å². The zero-order valence-corrected chi connectivity index (χ0v) is 12.8. The molecule has 0 fully saturated rings. The fourth-order valence-electron chi connectivity index (χ4n) is 1.76. The number of ether oxygens (including phenoxy) is 1. The first-order chi connectivity index (χ1) is 9.88. The minimum Gasteiger partial charge on any atom is -0.352 e. The number of rotatable bonds is 8. The van der Waals surface area contributed by atoms with Gasteiger partial charge >= 0.3 is 0 Å². The van der Waals surface area contributed by atoms with Crippen LogP contribution < -0.4 is 5.32 Å². The number of hydrogen-bond acceptors (Lipinski definition) is 3. The van der Waals surface area contributed by atoms with Gasteiger partial charge in [-0.25, -0.2) is 4.39 Å². The highest BCUT2D eigenvalue weighted by Gasteiger charge is 2.21. The molecule has 0 saturated carbocycles. The molecule has 1 N–H and O–H groups in total. The van der Waals surface area contributed by atoms with E-state index in [1.807, 2.05) is 0 Å². The van der Waals surface area contributed by atoms with Crippen molar-refractivity contribution in [3.05, 3.63) is 34.9 Å². The maximum Gasteiger partial charge on any atom is 0.226 e. The van der Waals surface area contributed by atoms with E-state index in [4.69, 9.17) is 16.3 Å². The molecular formula is C15H19ClFNO3. The van der Waals surface area contributed by atoms with Gasteiger partial charge in [0.2, 0.25) is 5.91 Å². The van der Waals surface area contributed by atoms with Crippen molar-refractivity contribution < 1.29 is 18.7 Å². The summed E-state index contributed by atoms with van der Waals surface area (Å²) in [5.41, 5.74) is 0.883. The summed E-state index contributed by atoms with van der Waals surface area (Å²) in [6.45, 7) is 2.81. The molecule has 21 heavy (non-hydrogen) atoms. The van der Waals surface area contributed by atoms with Gasteiger partial charge in [-0.1, -0.05) is 23.7 Å². The molecule has 0 radical (unpaired) electrons. The number of amides is 1. The SMILES string of the molecule is CC(=O)C[C@H](COC(C)F)C(=O)NCc1ccc(Cl)cc1. The normalized spacial score (nSPS) is 13.5. The van der Waals surface area contributed by atoms with E-state index in [0.717, 1.165) is 5.56 Å². The van der Waals surface area contributed by atoms with Crippen LogP contribution in [0.5, 0.6) is 0 Å². The number of halogens is 2. The lowest BCUT2D eigenvalue weighted by Gasteiger charge is -2.16. The van der Waals surface area contributed by atoms with E-state index in [1.165, 1.54) is 13.8 Å². The summed E-state index contributed by atoms with van der Waals surface area (Å²) >= 11 is 5.78. The summed E-state index contributed by atoms with van der Waals surface area (Å²) < 4.78 is 17.5. The van der Waals surface area contributed by atoms with Crippen LogP contribution in [0.3, 0.4) is 0 Å². The van der Waals surface area contributed by atoms with Crippen molar-refractivity contribution in [3.8, 4) is 0 Å². The molecule has 1 rings (SSSR count). The Hall–Kier alpha value is -1.46. The summed E-state index contributed by atoms with van der Waals surface area (Å²) in [5, 5.41) is 3.33. The topological polar surface area (TPSA) is 55.4 Å². The Kier molecular flexibility index (Phi) is 7.32. The molecule has 0 aliphatic rings. The van der Waals surface area contributed by atoms with E-state index in [-0.39, 0.29) is 24.7 Å². The highest BCUT2D eigenvalue weighted by molar-refractivity contribution is 6.30. The van der Waals surface area contributed by atoms with Gasteiger partial charge in [0, 0.05) is 18.0 Å². The van der Waals surface area contributed by atoms with Crippen LogP contribution in [0.4, 0.5) is 4.39 Å². The molecule has 116 valence electrons. The van der Waals surface area contributed by atoms with Gasteiger partial charge < -0.3 is 14.8 Å². The number of ketones is 1. The van der Waals surface area contributed by atoms with Gasteiger partial charge in [0.25, 0.3) is 0 Å². The molecule has 4 nitrogen and oxygen atoms in total. The Morgan fingerprint density at radius 3 is 2.48 bits per heavy atom. The highest BCUT2D eigenvalue weighted by atomic mass is 35.5. The molecule has 0 heterocycles. The second-order valence-corrected chi connectivity index (χ2v) is 5.26. The smallest absolute Gasteiger partial charge is 0.226 e. The summed E-state index contributed by atoms with van der Waals surface area (Å²) in [6.07, 6.45) is -1.44. The van der Waals surface area contributed by atoms with Crippen molar-refractivity contribution in [2.45, 2.75) is 33.2 Å². The van der Waals surface area contributed by atoms with Crippen molar-refractivity contribution in [2.75, 3.05) is 6.61 Å². The van der Waals surface area contributed by atoms with Gasteiger partial charge in [-0.2, -0.15) is 0 Å². The number of carbonyl (C=O) groups is 2. The third-order valence-corrected chi connectivity index (χ3v) is 3.06. The van der Waals surface area contributed by atoms with Crippen LogP contribution in [-0.4, -0.2) is 24.7 Å². The molecule has 0 saturated heterocycles.